The zero-order chi connectivity index (χ0) is 24.1. The summed E-state index contributed by atoms with van der Waals surface area (Å²) in [6.07, 6.45) is 4.69. The van der Waals surface area contributed by atoms with Crippen molar-refractivity contribution in [3.8, 4) is 0 Å². The van der Waals surface area contributed by atoms with Crippen LogP contribution in [0.15, 0.2) is 53.8 Å². The molecule has 0 amide bonds. The highest BCUT2D eigenvalue weighted by atomic mass is 16.7. The molecule has 0 radical (unpaired) electrons. The Morgan fingerprint density at radius 1 is 1.24 bits per heavy atom. The number of carbonyl (C=O) groups excluding carboxylic acids is 3. The van der Waals surface area contributed by atoms with Crippen molar-refractivity contribution in [1.82, 2.24) is 5.32 Å². The van der Waals surface area contributed by atoms with Crippen molar-refractivity contribution in [3.63, 3.8) is 0 Å². The third-order valence-corrected chi connectivity index (χ3v) is 6.50. The van der Waals surface area contributed by atoms with Crippen molar-refractivity contribution in [2.24, 2.45) is 17.6 Å². The Morgan fingerprint density at radius 3 is 2.74 bits per heavy atom. The molecule has 9 heteroatoms. The standard InChI is InChI=1S/C25H30N2O7/c1-31-22(28)18-14-33-25(34-23(29)19(26)12-15-6-3-2-4-7-15)21-16(9-10-17(18)21)13-32-24(30)20-8-5-11-27-20/h2-4,6-7,9,14,17,19-21,25,27H,5,8,10-13,26H2,1H3/t17-,19+,20+,21-,25+/m1/s1. The molecule has 0 unspecified atom stereocenters. The highest BCUT2D eigenvalue weighted by molar-refractivity contribution is 5.89. The van der Waals surface area contributed by atoms with Crippen LogP contribution in [0.1, 0.15) is 24.8 Å². The lowest BCUT2D eigenvalue weighted by molar-refractivity contribution is -0.184. The lowest BCUT2D eigenvalue weighted by Gasteiger charge is -2.34. The monoisotopic (exact) mass is 470 g/mol. The summed E-state index contributed by atoms with van der Waals surface area (Å²) in [5, 5.41) is 3.11. The summed E-state index contributed by atoms with van der Waals surface area (Å²) in [5.74, 6) is -2.25. The first kappa shape index (κ1) is 24.0. The van der Waals surface area contributed by atoms with Crippen LogP contribution >= 0.6 is 0 Å². The van der Waals surface area contributed by atoms with E-state index in [1.165, 1.54) is 13.4 Å². The van der Waals surface area contributed by atoms with Crippen molar-refractivity contribution >= 4 is 17.9 Å². The van der Waals surface area contributed by atoms with Crippen molar-refractivity contribution in [1.29, 1.82) is 0 Å². The number of hydrogen-bond acceptors (Lipinski definition) is 9. The number of nitrogens with two attached hydrogens (primary N) is 1. The molecular weight excluding hydrogens is 440 g/mol. The fraction of sp³-hybridized carbons (Fsp3) is 0.480. The van der Waals surface area contributed by atoms with Gasteiger partial charge in [-0.05, 0) is 43.4 Å². The topological polar surface area (TPSA) is 126 Å². The number of ether oxygens (including phenoxy) is 4. The number of methoxy groups -OCH3 is 1. The SMILES string of the molecule is COC(=O)C1=CO[C@@H](OC(=O)[C@@H](N)Cc2ccccc2)[C@@H]2C(COC(=O)[C@@H]3CCCN3)=CC[C@H]12. The number of hydrogen-bond donors (Lipinski definition) is 2. The van der Waals surface area contributed by atoms with Crippen LogP contribution in [0.3, 0.4) is 0 Å². The summed E-state index contributed by atoms with van der Waals surface area (Å²) in [6.45, 7) is 0.815. The van der Waals surface area contributed by atoms with Gasteiger partial charge < -0.3 is 30.0 Å². The minimum absolute atomic E-state index is 0.0279. The van der Waals surface area contributed by atoms with Gasteiger partial charge in [0.1, 0.15) is 18.7 Å². The van der Waals surface area contributed by atoms with E-state index in [9.17, 15) is 14.4 Å². The van der Waals surface area contributed by atoms with E-state index in [0.717, 1.165) is 30.5 Å². The van der Waals surface area contributed by atoms with Crippen LogP contribution < -0.4 is 11.1 Å². The molecule has 3 N–H and O–H groups in total. The number of nitrogens with one attached hydrogen (secondary N) is 1. The lowest BCUT2D eigenvalue weighted by atomic mass is 9.83. The summed E-state index contributed by atoms with van der Waals surface area (Å²) >= 11 is 0. The zero-order valence-electron chi connectivity index (χ0n) is 19.1. The van der Waals surface area contributed by atoms with E-state index in [-0.39, 0.29) is 24.5 Å². The van der Waals surface area contributed by atoms with Gasteiger partial charge in [0, 0.05) is 5.92 Å². The van der Waals surface area contributed by atoms with Gasteiger partial charge in [0.05, 0.1) is 24.9 Å². The molecule has 0 spiro atoms. The predicted octanol–water partition coefficient (Wildman–Crippen LogP) is 1.37. The highest BCUT2D eigenvalue weighted by Crippen LogP contribution is 2.44. The molecule has 1 aromatic carbocycles. The molecule has 1 saturated heterocycles. The molecule has 1 fully saturated rings. The molecular formula is C25H30N2O7. The maximum Gasteiger partial charge on any atom is 0.337 e. The van der Waals surface area contributed by atoms with Gasteiger partial charge in [-0.3, -0.25) is 9.59 Å². The molecule has 3 aliphatic rings. The number of benzene rings is 1. The van der Waals surface area contributed by atoms with Gasteiger partial charge in [-0.25, -0.2) is 4.79 Å². The largest absolute Gasteiger partial charge is 0.466 e. The minimum atomic E-state index is -0.996. The van der Waals surface area contributed by atoms with E-state index in [1.807, 2.05) is 36.4 Å². The van der Waals surface area contributed by atoms with E-state index in [4.69, 9.17) is 24.7 Å². The average Bonchev–Trinajstić information content (AvgIpc) is 3.54. The van der Waals surface area contributed by atoms with Crippen molar-refractivity contribution in [2.75, 3.05) is 20.3 Å². The van der Waals surface area contributed by atoms with E-state index < -0.39 is 30.2 Å². The van der Waals surface area contributed by atoms with Crippen LogP contribution in [0, 0.1) is 11.8 Å². The second-order valence-corrected chi connectivity index (χ2v) is 8.71. The first-order valence-corrected chi connectivity index (χ1v) is 11.5. The molecule has 0 bridgehead atoms. The molecule has 2 aliphatic heterocycles. The van der Waals surface area contributed by atoms with E-state index >= 15 is 0 Å². The molecule has 34 heavy (non-hydrogen) atoms. The van der Waals surface area contributed by atoms with Crippen LogP contribution in [0.25, 0.3) is 0 Å². The summed E-state index contributed by atoms with van der Waals surface area (Å²) in [6, 6.07) is 8.22. The Bertz CT molecular complexity index is 969. The van der Waals surface area contributed by atoms with Crippen molar-refractivity contribution < 1.29 is 33.3 Å². The molecule has 182 valence electrons. The van der Waals surface area contributed by atoms with Crippen LogP contribution in [0.2, 0.25) is 0 Å². The van der Waals surface area contributed by atoms with Crippen molar-refractivity contribution in [3.05, 3.63) is 59.4 Å². The van der Waals surface area contributed by atoms with Gasteiger partial charge in [0.15, 0.2) is 0 Å². The minimum Gasteiger partial charge on any atom is -0.466 e. The number of esters is 3. The molecule has 4 rings (SSSR count). The van der Waals surface area contributed by atoms with Gasteiger partial charge in [-0.1, -0.05) is 36.4 Å². The van der Waals surface area contributed by atoms with Crippen LogP contribution in [0.4, 0.5) is 0 Å². The lowest BCUT2D eigenvalue weighted by Crippen LogP contribution is -2.43. The number of allylic oxidation sites excluding steroid dienone is 1. The normalized spacial score (nSPS) is 26.4. The number of fused-ring (bicyclic) bond motifs is 1. The van der Waals surface area contributed by atoms with Crippen LogP contribution in [0.5, 0.6) is 0 Å². The van der Waals surface area contributed by atoms with E-state index in [0.29, 0.717) is 18.4 Å². The van der Waals surface area contributed by atoms with Crippen LogP contribution in [-0.4, -0.2) is 56.5 Å². The summed E-state index contributed by atoms with van der Waals surface area (Å²) in [5.41, 5.74) is 8.09. The maximum absolute atomic E-state index is 12.8. The molecule has 5 atom stereocenters. The second kappa shape index (κ2) is 10.8. The Morgan fingerprint density at radius 2 is 2.03 bits per heavy atom. The molecule has 9 nitrogen and oxygen atoms in total. The zero-order valence-corrected chi connectivity index (χ0v) is 19.1. The van der Waals surface area contributed by atoms with E-state index in [1.54, 1.807) is 0 Å². The molecule has 2 heterocycles. The Balaban J connectivity index is 1.45. The quantitative estimate of drug-likeness (QED) is 0.329. The molecule has 1 aromatic rings. The Kier molecular flexibility index (Phi) is 7.64. The second-order valence-electron chi connectivity index (χ2n) is 8.71. The summed E-state index contributed by atoms with van der Waals surface area (Å²) in [4.78, 5) is 37.4. The summed E-state index contributed by atoms with van der Waals surface area (Å²) in [7, 11) is 1.30. The fourth-order valence-corrected chi connectivity index (χ4v) is 4.68. The Hall–Kier alpha value is -3.17. The van der Waals surface area contributed by atoms with Crippen LogP contribution in [-0.2, 0) is 39.8 Å². The molecule has 1 aliphatic carbocycles. The maximum atomic E-state index is 12.8. The highest BCUT2D eigenvalue weighted by Gasteiger charge is 2.46. The van der Waals surface area contributed by atoms with Gasteiger partial charge in [-0.15, -0.1) is 0 Å². The van der Waals surface area contributed by atoms with Gasteiger partial charge in [0.25, 0.3) is 6.29 Å². The van der Waals surface area contributed by atoms with E-state index in [2.05, 4.69) is 5.32 Å². The fourth-order valence-electron chi connectivity index (χ4n) is 4.68. The Labute approximate surface area is 198 Å². The third-order valence-electron chi connectivity index (χ3n) is 6.50. The first-order valence-electron chi connectivity index (χ1n) is 11.5. The smallest absolute Gasteiger partial charge is 0.337 e. The van der Waals surface area contributed by atoms with Gasteiger partial charge in [0.2, 0.25) is 0 Å². The number of carbonyl (C=O) groups is 3. The first-order chi connectivity index (χ1) is 16.5. The number of rotatable bonds is 8. The molecule has 0 aromatic heterocycles. The van der Waals surface area contributed by atoms with Gasteiger partial charge in [-0.2, -0.15) is 0 Å². The van der Waals surface area contributed by atoms with Gasteiger partial charge >= 0.3 is 17.9 Å². The average molecular weight is 471 g/mol. The van der Waals surface area contributed by atoms with Crippen molar-refractivity contribution in [2.45, 2.75) is 44.1 Å². The predicted molar refractivity (Wildman–Crippen MR) is 121 cm³/mol. The summed E-state index contributed by atoms with van der Waals surface area (Å²) < 4.78 is 21.8. The molecule has 0 saturated carbocycles. The third kappa shape index (κ3) is 5.31.